The van der Waals surface area contributed by atoms with Crippen molar-refractivity contribution in [2.75, 3.05) is 26.0 Å². The zero-order valence-electron chi connectivity index (χ0n) is 13.8. The van der Waals surface area contributed by atoms with Gasteiger partial charge in [0.15, 0.2) is 0 Å². The quantitative estimate of drug-likeness (QED) is 0.762. The van der Waals surface area contributed by atoms with Crippen molar-refractivity contribution in [3.05, 3.63) is 29.3 Å². The van der Waals surface area contributed by atoms with Gasteiger partial charge in [0.25, 0.3) is 5.91 Å². The zero-order valence-corrected chi connectivity index (χ0v) is 14.6. The van der Waals surface area contributed by atoms with Crippen LogP contribution < -0.4 is 10.1 Å². The summed E-state index contributed by atoms with van der Waals surface area (Å²) in [6.07, 6.45) is 2.61. The molecular weight excluding hydrogens is 316 g/mol. The number of carbonyl (C=O) groups excluding carboxylic acids is 1. The topological polar surface area (TPSA) is 75.7 Å². The average Bonchev–Trinajstić information content (AvgIpc) is 2.92. The molecule has 1 amide bonds. The van der Waals surface area contributed by atoms with Gasteiger partial charge in [-0.05, 0) is 44.0 Å². The highest BCUT2D eigenvalue weighted by Gasteiger charge is 2.19. The summed E-state index contributed by atoms with van der Waals surface area (Å²) in [6, 6.07) is 5.34. The van der Waals surface area contributed by atoms with E-state index < -0.39 is 10.0 Å². The van der Waals surface area contributed by atoms with E-state index in [4.69, 9.17) is 4.74 Å². The Morgan fingerprint density at radius 3 is 2.78 bits per heavy atom. The van der Waals surface area contributed by atoms with Crippen LogP contribution in [0.1, 0.15) is 36.2 Å². The molecule has 0 fully saturated rings. The maximum Gasteiger partial charge on any atom is 0.251 e. The molecule has 1 aromatic carbocycles. The summed E-state index contributed by atoms with van der Waals surface area (Å²) < 4.78 is 30.2. The van der Waals surface area contributed by atoms with Gasteiger partial charge in [-0.25, -0.2) is 8.42 Å². The second-order valence-electron chi connectivity index (χ2n) is 6.00. The molecule has 1 aromatic rings. The van der Waals surface area contributed by atoms with Crippen molar-refractivity contribution in [1.82, 2.24) is 9.62 Å². The molecule has 0 spiro atoms. The van der Waals surface area contributed by atoms with Crippen molar-refractivity contribution in [3.63, 3.8) is 0 Å². The SMILES string of the molecule is CC(C)N(CCCNC(=O)c1ccc2c(c1)CCO2)S(C)(=O)=O. The van der Waals surface area contributed by atoms with Crippen LogP contribution in [0.15, 0.2) is 18.2 Å². The highest BCUT2D eigenvalue weighted by atomic mass is 32.2. The third kappa shape index (κ3) is 4.68. The Morgan fingerprint density at radius 1 is 1.39 bits per heavy atom. The van der Waals surface area contributed by atoms with E-state index in [-0.39, 0.29) is 11.9 Å². The second-order valence-corrected chi connectivity index (χ2v) is 7.93. The number of sulfonamides is 1. The number of ether oxygens (including phenoxy) is 1. The molecule has 1 N–H and O–H groups in total. The summed E-state index contributed by atoms with van der Waals surface area (Å²) >= 11 is 0. The van der Waals surface area contributed by atoms with Gasteiger partial charge in [0.05, 0.1) is 12.9 Å². The summed E-state index contributed by atoms with van der Waals surface area (Å²) in [5.74, 6) is 0.706. The highest BCUT2D eigenvalue weighted by Crippen LogP contribution is 2.25. The molecule has 23 heavy (non-hydrogen) atoms. The Balaban J connectivity index is 1.83. The van der Waals surface area contributed by atoms with Gasteiger partial charge < -0.3 is 10.1 Å². The van der Waals surface area contributed by atoms with E-state index >= 15 is 0 Å². The summed E-state index contributed by atoms with van der Waals surface area (Å²) in [5, 5.41) is 2.83. The van der Waals surface area contributed by atoms with Crippen molar-refractivity contribution in [3.8, 4) is 5.75 Å². The lowest BCUT2D eigenvalue weighted by atomic mass is 10.1. The number of hydrogen-bond acceptors (Lipinski definition) is 4. The predicted octanol–water partition coefficient (Wildman–Crippen LogP) is 1.41. The van der Waals surface area contributed by atoms with Crippen molar-refractivity contribution < 1.29 is 17.9 Å². The first kappa shape index (κ1) is 17.7. The first-order valence-corrected chi connectivity index (χ1v) is 9.64. The normalized spacial score (nSPS) is 14.0. The summed E-state index contributed by atoms with van der Waals surface area (Å²) in [6.45, 7) is 5.18. The molecule has 6 nitrogen and oxygen atoms in total. The van der Waals surface area contributed by atoms with Gasteiger partial charge in [-0.3, -0.25) is 4.79 Å². The molecule has 1 aliphatic heterocycles. The number of hydrogen-bond donors (Lipinski definition) is 1. The Hall–Kier alpha value is -1.60. The molecule has 0 bridgehead atoms. The maximum atomic E-state index is 12.1. The lowest BCUT2D eigenvalue weighted by Gasteiger charge is -2.23. The van der Waals surface area contributed by atoms with Crippen molar-refractivity contribution in [2.45, 2.75) is 32.7 Å². The Bertz CT molecular complexity index is 671. The molecule has 128 valence electrons. The van der Waals surface area contributed by atoms with E-state index in [1.165, 1.54) is 10.6 Å². The van der Waals surface area contributed by atoms with Crippen molar-refractivity contribution >= 4 is 15.9 Å². The van der Waals surface area contributed by atoms with E-state index in [1.807, 2.05) is 26.0 Å². The fourth-order valence-corrected chi connectivity index (χ4v) is 3.90. The van der Waals surface area contributed by atoms with Crippen LogP contribution in [-0.4, -0.2) is 50.6 Å². The predicted molar refractivity (Wildman–Crippen MR) is 89.3 cm³/mol. The van der Waals surface area contributed by atoms with Crippen LogP contribution >= 0.6 is 0 Å². The van der Waals surface area contributed by atoms with Gasteiger partial charge in [-0.1, -0.05) is 0 Å². The van der Waals surface area contributed by atoms with Gasteiger partial charge in [0.1, 0.15) is 5.75 Å². The van der Waals surface area contributed by atoms with Crippen LogP contribution in [0.3, 0.4) is 0 Å². The van der Waals surface area contributed by atoms with Crippen LogP contribution in [0.2, 0.25) is 0 Å². The molecule has 0 radical (unpaired) electrons. The lowest BCUT2D eigenvalue weighted by molar-refractivity contribution is 0.0952. The number of fused-ring (bicyclic) bond motifs is 1. The molecule has 0 saturated carbocycles. The van der Waals surface area contributed by atoms with E-state index in [0.29, 0.717) is 31.7 Å². The number of amides is 1. The lowest BCUT2D eigenvalue weighted by Crippen LogP contribution is -2.38. The van der Waals surface area contributed by atoms with Crippen LogP contribution in [0.4, 0.5) is 0 Å². The molecule has 0 saturated heterocycles. The number of nitrogens with zero attached hydrogens (tertiary/aromatic N) is 1. The van der Waals surface area contributed by atoms with Gasteiger partial charge >= 0.3 is 0 Å². The van der Waals surface area contributed by atoms with Gasteiger partial charge in [0, 0.05) is 31.1 Å². The molecule has 7 heteroatoms. The summed E-state index contributed by atoms with van der Waals surface area (Å²) in [5.41, 5.74) is 1.67. The van der Waals surface area contributed by atoms with Crippen LogP contribution in [0.5, 0.6) is 5.75 Å². The average molecular weight is 340 g/mol. The monoisotopic (exact) mass is 340 g/mol. The van der Waals surface area contributed by atoms with E-state index in [0.717, 1.165) is 17.7 Å². The number of benzene rings is 1. The van der Waals surface area contributed by atoms with E-state index in [1.54, 1.807) is 6.07 Å². The van der Waals surface area contributed by atoms with Crippen LogP contribution in [0, 0.1) is 0 Å². The van der Waals surface area contributed by atoms with E-state index in [2.05, 4.69) is 5.32 Å². The van der Waals surface area contributed by atoms with Gasteiger partial charge in [0.2, 0.25) is 10.0 Å². The number of rotatable bonds is 7. The Kier molecular flexibility index (Phi) is 5.64. The Labute approximate surface area is 137 Å². The molecule has 2 rings (SSSR count). The highest BCUT2D eigenvalue weighted by molar-refractivity contribution is 7.88. The number of nitrogens with one attached hydrogen (secondary N) is 1. The first-order chi connectivity index (χ1) is 10.8. The fraction of sp³-hybridized carbons (Fsp3) is 0.562. The van der Waals surface area contributed by atoms with Crippen molar-refractivity contribution in [2.24, 2.45) is 0 Å². The smallest absolute Gasteiger partial charge is 0.251 e. The molecule has 1 heterocycles. The molecule has 0 aliphatic carbocycles. The van der Waals surface area contributed by atoms with Gasteiger partial charge in [-0.15, -0.1) is 0 Å². The maximum absolute atomic E-state index is 12.1. The third-order valence-corrected chi connectivity index (χ3v) is 5.25. The fourth-order valence-electron chi connectivity index (χ4n) is 2.67. The van der Waals surface area contributed by atoms with Crippen LogP contribution in [-0.2, 0) is 16.4 Å². The minimum atomic E-state index is -3.22. The minimum Gasteiger partial charge on any atom is -0.493 e. The largest absolute Gasteiger partial charge is 0.493 e. The second kappa shape index (κ2) is 7.31. The molecule has 0 aromatic heterocycles. The third-order valence-electron chi connectivity index (χ3n) is 3.79. The molecule has 0 atom stereocenters. The first-order valence-electron chi connectivity index (χ1n) is 7.80. The Morgan fingerprint density at radius 2 is 2.13 bits per heavy atom. The van der Waals surface area contributed by atoms with Crippen molar-refractivity contribution in [1.29, 1.82) is 0 Å². The summed E-state index contributed by atoms with van der Waals surface area (Å²) in [7, 11) is -3.22. The molecule has 1 aliphatic rings. The number of carbonyl (C=O) groups is 1. The minimum absolute atomic E-state index is 0.0857. The molecule has 0 unspecified atom stereocenters. The van der Waals surface area contributed by atoms with E-state index in [9.17, 15) is 13.2 Å². The molecular formula is C16H24N2O4S. The summed E-state index contributed by atoms with van der Waals surface area (Å²) in [4.78, 5) is 12.1. The zero-order chi connectivity index (χ0) is 17.0. The van der Waals surface area contributed by atoms with Gasteiger partial charge in [-0.2, -0.15) is 4.31 Å². The standard InChI is InChI=1S/C16H24N2O4S/c1-12(2)18(23(3,20)21)9-4-8-17-16(19)14-5-6-15-13(11-14)7-10-22-15/h5-6,11-12H,4,7-10H2,1-3H3,(H,17,19). The van der Waals surface area contributed by atoms with Crippen LogP contribution in [0.25, 0.3) is 0 Å².